The Morgan fingerprint density at radius 2 is 1.20 bits per heavy atom. The van der Waals surface area contributed by atoms with Crippen LogP contribution in [0.5, 0.6) is 0 Å². The third-order valence-electron chi connectivity index (χ3n) is 12.3. The quantitative estimate of drug-likeness (QED) is 0.0409. The lowest BCUT2D eigenvalue weighted by Crippen LogP contribution is -2.32. The van der Waals surface area contributed by atoms with E-state index in [4.69, 9.17) is 4.74 Å². The van der Waals surface area contributed by atoms with Crippen molar-refractivity contribution in [2.45, 2.75) is 198 Å². The average Bonchev–Trinajstić information content (AvgIpc) is 3.16. The number of aliphatic hydroxyl groups excluding tert-OH is 1. The van der Waals surface area contributed by atoms with Crippen molar-refractivity contribution in [2.75, 3.05) is 0 Å². The first kappa shape index (κ1) is 53.4. The van der Waals surface area contributed by atoms with Gasteiger partial charge in [0.05, 0.1) is 6.10 Å². The molecule has 0 radical (unpaired) electrons. The van der Waals surface area contributed by atoms with Crippen molar-refractivity contribution in [1.82, 2.24) is 0 Å². The Morgan fingerprint density at radius 1 is 0.689 bits per heavy atom. The molecule has 0 aromatic heterocycles. The zero-order valence-corrected chi connectivity index (χ0v) is 40.8. The molecule has 3 atom stereocenters. The van der Waals surface area contributed by atoms with Gasteiger partial charge in [-0.1, -0.05) is 223 Å². The summed E-state index contributed by atoms with van der Waals surface area (Å²) in [5.41, 5.74) is 8.67. The second kappa shape index (κ2) is 29.6. The van der Waals surface area contributed by atoms with Crippen LogP contribution in [-0.4, -0.2) is 23.3 Å². The fourth-order valence-corrected chi connectivity index (χ4v) is 8.78. The fourth-order valence-electron chi connectivity index (χ4n) is 8.78. The number of hydrogen-bond donors (Lipinski definition) is 1. The van der Waals surface area contributed by atoms with Crippen molar-refractivity contribution in [2.24, 2.45) is 16.7 Å². The summed E-state index contributed by atoms with van der Waals surface area (Å²) in [7, 11) is 0. The van der Waals surface area contributed by atoms with E-state index >= 15 is 0 Å². The Labute approximate surface area is 375 Å². The second-order valence-corrected chi connectivity index (χ2v) is 19.5. The number of hydrogen-bond acceptors (Lipinski definition) is 3. The molecule has 0 saturated heterocycles. The SMILES string of the molecule is CCCCCCCC/C=C/CCCCCCCC(=O)O[C@@H]1CC(C)=C(/C=C/C(C)=C/C=C/C(C)=C/C=C/C=C(C)/C=C/C=C(C)/C=C/[C@H]2C(C)=C[C@H](O)CC2(C)C)C(C)(C)C1. The van der Waals surface area contributed by atoms with Gasteiger partial charge in [0, 0.05) is 18.8 Å². The van der Waals surface area contributed by atoms with E-state index in [-0.39, 0.29) is 29.0 Å². The van der Waals surface area contributed by atoms with Crippen LogP contribution in [0.3, 0.4) is 0 Å². The van der Waals surface area contributed by atoms with Gasteiger partial charge in [0.2, 0.25) is 0 Å². The number of esters is 1. The van der Waals surface area contributed by atoms with Crippen LogP contribution in [-0.2, 0) is 9.53 Å². The molecule has 0 aromatic rings. The summed E-state index contributed by atoms with van der Waals surface area (Å²) < 4.78 is 6.02. The molecule has 0 saturated carbocycles. The normalized spacial score (nSPS) is 22.0. The van der Waals surface area contributed by atoms with Crippen molar-refractivity contribution >= 4 is 5.97 Å². The van der Waals surface area contributed by atoms with E-state index in [1.54, 1.807) is 0 Å². The summed E-state index contributed by atoms with van der Waals surface area (Å²) in [4.78, 5) is 12.7. The lowest BCUT2D eigenvalue weighted by Gasteiger charge is -2.38. The molecule has 2 aliphatic carbocycles. The van der Waals surface area contributed by atoms with E-state index in [2.05, 4.69) is 173 Å². The van der Waals surface area contributed by atoms with E-state index < -0.39 is 0 Å². The molecule has 0 aliphatic heterocycles. The third-order valence-corrected chi connectivity index (χ3v) is 12.3. The number of carbonyl (C=O) groups is 1. The van der Waals surface area contributed by atoms with Gasteiger partial charge in [0.15, 0.2) is 0 Å². The minimum Gasteiger partial charge on any atom is -0.462 e. The lowest BCUT2D eigenvalue weighted by atomic mass is 9.67. The van der Waals surface area contributed by atoms with Crippen LogP contribution in [0.25, 0.3) is 0 Å². The smallest absolute Gasteiger partial charge is 0.306 e. The van der Waals surface area contributed by atoms with Crippen molar-refractivity contribution in [1.29, 1.82) is 0 Å². The standard InChI is InChI=1S/C58H88O3/c1-12-13-14-15-16-17-18-19-20-21-22-23-24-25-26-37-56(60)61-53-43-51(7)55(58(10,11)45-53)41-39-49(5)36-30-34-47(3)32-28-27-31-46(2)33-29-35-48(4)38-40-54-50(6)42-52(59)44-57(54,8)9/h19-20,27-36,38-42,52-54,59H,12-18,21-26,37,43-45H2,1-11H3/b20-19+,28-27+,33-29+,34-30+,40-38+,41-39+,46-31+,47-32+,48-35+,49-36+/t52-,53+,54-/m0/s1. The predicted molar refractivity (Wildman–Crippen MR) is 267 cm³/mol. The molecule has 0 amide bonds. The van der Waals surface area contributed by atoms with Gasteiger partial charge in [-0.2, -0.15) is 0 Å². The van der Waals surface area contributed by atoms with Crippen molar-refractivity contribution < 1.29 is 14.6 Å². The number of unbranched alkanes of at least 4 members (excludes halogenated alkanes) is 11. The minimum atomic E-state index is -0.338. The molecular weight excluding hydrogens is 745 g/mol. The first-order valence-electron chi connectivity index (χ1n) is 24.0. The van der Waals surface area contributed by atoms with Crippen LogP contribution in [0, 0.1) is 16.7 Å². The molecule has 338 valence electrons. The van der Waals surface area contributed by atoms with Gasteiger partial charge in [0.25, 0.3) is 0 Å². The molecule has 0 aromatic carbocycles. The fraction of sp³-hybridized carbons (Fsp3) is 0.569. The maximum absolute atomic E-state index is 12.7. The Hall–Kier alpha value is -3.69. The summed E-state index contributed by atoms with van der Waals surface area (Å²) in [6.45, 7) is 24.1. The van der Waals surface area contributed by atoms with Crippen LogP contribution in [0.4, 0.5) is 0 Å². The van der Waals surface area contributed by atoms with E-state index in [0.717, 1.165) is 32.1 Å². The molecule has 0 fully saturated rings. The molecule has 0 bridgehead atoms. The van der Waals surface area contributed by atoms with Gasteiger partial charge < -0.3 is 9.84 Å². The van der Waals surface area contributed by atoms with E-state index in [0.29, 0.717) is 12.3 Å². The maximum Gasteiger partial charge on any atom is 0.306 e. The topological polar surface area (TPSA) is 46.5 Å². The average molecular weight is 833 g/mol. The maximum atomic E-state index is 12.7. The predicted octanol–water partition coefficient (Wildman–Crippen LogP) is 17.0. The summed E-state index contributed by atoms with van der Waals surface area (Å²) in [5, 5.41) is 10.1. The van der Waals surface area contributed by atoms with Gasteiger partial charge >= 0.3 is 5.97 Å². The largest absolute Gasteiger partial charge is 0.462 e. The van der Waals surface area contributed by atoms with Crippen LogP contribution in [0.2, 0.25) is 0 Å². The number of carbonyl (C=O) groups excluding carboxylic acids is 1. The molecule has 0 spiro atoms. The second-order valence-electron chi connectivity index (χ2n) is 19.5. The monoisotopic (exact) mass is 833 g/mol. The van der Waals surface area contributed by atoms with Crippen LogP contribution in [0.1, 0.15) is 185 Å². The highest BCUT2D eigenvalue weighted by molar-refractivity contribution is 5.69. The van der Waals surface area contributed by atoms with Crippen molar-refractivity contribution in [3.63, 3.8) is 0 Å². The van der Waals surface area contributed by atoms with Gasteiger partial charge in [-0.3, -0.25) is 4.79 Å². The zero-order chi connectivity index (χ0) is 45.1. The van der Waals surface area contributed by atoms with Crippen LogP contribution >= 0.6 is 0 Å². The molecular formula is C58H88O3. The highest BCUT2D eigenvalue weighted by Crippen LogP contribution is 2.43. The summed E-state index contributed by atoms with van der Waals surface area (Å²) in [5.74, 6) is 0.306. The van der Waals surface area contributed by atoms with Crippen molar-refractivity contribution in [3.8, 4) is 0 Å². The lowest BCUT2D eigenvalue weighted by molar-refractivity contribution is -0.150. The van der Waals surface area contributed by atoms with Crippen LogP contribution in [0.15, 0.2) is 142 Å². The van der Waals surface area contributed by atoms with Gasteiger partial charge in [0.1, 0.15) is 6.10 Å². The Bertz CT molecular complexity index is 1700. The highest BCUT2D eigenvalue weighted by atomic mass is 16.5. The number of allylic oxidation sites excluding steroid dienone is 22. The summed E-state index contributed by atoms with van der Waals surface area (Å²) in [6.07, 6.45) is 55.9. The molecule has 2 rings (SSSR count). The summed E-state index contributed by atoms with van der Waals surface area (Å²) in [6, 6.07) is 0. The minimum absolute atomic E-state index is 0.0340. The first-order chi connectivity index (χ1) is 29.0. The van der Waals surface area contributed by atoms with Gasteiger partial charge in [-0.05, 0) is 103 Å². The molecule has 61 heavy (non-hydrogen) atoms. The molecule has 0 heterocycles. The Morgan fingerprint density at radius 3 is 1.75 bits per heavy atom. The summed E-state index contributed by atoms with van der Waals surface area (Å²) >= 11 is 0. The van der Waals surface area contributed by atoms with Gasteiger partial charge in [-0.15, -0.1) is 0 Å². The highest BCUT2D eigenvalue weighted by Gasteiger charge is 2.35. The molecule has 2 aliphatic rings. The number of rotatable bonds is 26. The third kappa shape index (κ3) is 23.4. The number of ether oxygens (including phenoxy) is 1. The van der Waals surface area contributed by atoms with Crippen LogP contribution < -0.4 is 0 Å². The van der Waals surface area contributed by atoms with E-state index in [1.807, 2.05) is 6.08 Å². The van der Waals surface area contributed by atoms with E-state index in [9.17, 15) is 9.90 Å². The van der Waals surface area contributed by atoms with Gasteiger partial charge in [-0.25, -0.2) is 0 Å². The Balaban J connectivity index is 1.74. The number of aliphatic hydroxyl groups is 1. The molecule has 3 nitrogen and oxygen atoms in total. The molecule has 3 heteroatoms. The zero-order valence-electron chi connectivity index (χ0n) is 40.8. The molecule has 1 N–H and O–H groups in total. The Kier molecular flexibility index (Phi) is 25.9. The first-order valence-corrected chi connectivity index (χ1v) is 24.0. The van der Waals surface area contributed by atoms with Crippen molar-refractivity contribution in [3.05, 3.63) is 142 Å². The van der Waals surface area contributed by atoms with E-state index in [1.165, 1.54) is 110 Å². The molecule has 0 unspecified atom stereocenters.